The molecule has 106 valence electrons. The van der Waals surface area contributed by atoms with Gasteiger partial charge in [-0.25, -0.2) is 4.39 Å². The first-order valence-corrected chi connectivity index (χ1v) is 7.77. The molecule has 0 fully saturated rings. The second-order valence-electron chi connectivity index (χ2n) is 4.91. The van der Waals surface area contributed by atoms with Crippen LogP contribution in [0.15, 0.2) is 53.4 Å². The van der Waals surface area contributed by atoms with Crippen molar-refractivity contribution < 1.29 is 4.39 Å². The van der Waals surface area contributed by atoms with Crippen LogP contribution < -0.4 is 5.32 Å². The van der Waals surface area contributed by atoms with E-state index in [-0.39, 0.29) is 11.9 Å². The first-order valence-electron chi connectivity index (χ1n) is 6.79. The third-order valence-corrected chi connectivity index (χ3v) is 4.48. The summed E-state index contributed by atoms with van der Waals surface area (Å²) in [4.78, 5) is 1.25. The fourth-order valence-corrected chi connectivity index (χ4v) is 3.01. The molecule has 0 aliphatic carbocycles. The molecular formula is C17H20FNS. The van der Waals surface area contributed by atoms with Gasteiger partial charge in [-0.3, -0.25) is 0 Å². The maximum absolute atomic E-state index is 13.7. The number of halogens is 1. The number of hydrogen-bond acceptors (Lipinski definition) is 2. The van der Waals surface area contributed by atoms with Crippen LogP contribution in [0, 0.1) is 12.7 Å². The van der Waals surface area contributed by atoms with Crippen molar-refractivity contribution in [1.82, 2.24) is 5.32 Å². The monoisotopic (exact) mass is 289 g/mol. The summed E-state index contributed by atoms with van der Waals surface area (Å²) in [5, 5.41) is 3.27. The molecule has 0 heterocycles. The van der Waals surface area contributed by atoms with Gasteiger partial charge in [0.05, 0.1) is 0 Å². The predicted octanol–water partition coefficient (Wildman–Crippen LogP) is 4.06. The maximum atomic E-state index is 13.7. The molecule has 1 nitrogen and oxygen atoms in total. The third kappa shape index (κ3) is 4.36. The summed E-state index contributed by atoms with van der Waals surface area (Å²) >= 11 is 1.80. The Morgan fingerprint density at radius 1 is 1.10 bits per heavy atom. The number of benzene rings is 2. The van der Waals surface area contributed by atoms with E-state index in [4.69, 9.17) is 0 Å². The highest BCUT2D eigenvalue weighted by atomic mass is 32.2. The van der Waals surface area contributed by atoms with Crippen molar-refractivity contribution in [3.63, 3.8) is 0 Å². The van der Waals surface area contributed by atoms with Crippen molar-refractivity contribution in [3.8, 4) is 0 Å². The van der Waals surface area contributed by atoms with Gasteiger partial charge in [-0.1, -0.05) is 35.9 Å². The maximum Gasteiger partial charge on any atom is 0.126 e. The van der Waals surface area contributed by atoms with Crippen LogP contribution in [0.1, 0.15) is 11.1 Å². The predicted molar refractivity (Wildman–Crippen MR) is 84.9 cm³/mol. The van der Waals surface area contributed by atoms with Gasteiger partial charge in [-0.15, -0.1) is 11.8 Å². The quantitative estimate of drug-likeness (QED) is 0.805. The van der Waals surface area contributed by atoms with Crippen LogP contribution >= 0.6 is 11.8 Å². The van der Waals surface area contributed by atoms with Crippen LogP contribution in [-0.4, -0.2) is 18.8 Å². The lowest BCUT2D eigenvalue weighted by Crippen LogP contribution is -2.30. The molecule has 2 aromatic rings. The molecule has 0 aliphatic rings. The van der Waals surface area contributed by atoms with Crippen molar-refractivity contribution in [2.45, 2.75) is 24.3 Å². The van der Waals surface area contributed by atoms with E-state index >= 15 is 0 Å². The Labute approximate surface area is 124 Å². The van der Waals surface area contributed by atoms with Crippen molar-refractivity contribution in [3.05, 3.63) is 65.5 Å². The van der Waals surface area contributed by atoms with Gasteiger partial charge in [0.25, 0.3) is 0 Å². The van der Waals surface area contributed by atoms with Gasteiger partial charge in [-0.05, 0) is 44.2 Å². The van der Waals surface area contributed by atoms with Crippen molar-refractivity contribution in [2.24, 2.45) is 0 Å². The molecule has 3 heteroatoms. The number of nitrogens with one attached hydrogen (secondary N) is 1. The van der Waals surface area contributed by atoms with Gasteiger partial charge < -0.3 is 5.32 Å². The Bertz CT molecular complexity index is 539. The molecule has 0 bridgehead atoms. The minimum atomic E-state index is -0.118. The lowest BCUT2D eigenvalue weighted by Gasteiger charge is -2.16. The van der Waals surface area contributed by atoms with Crippen molar-refractivity contribution in [1.29, 1.82) is 0 Å². The van der Waals surface area contributed by atoms with Crippen LogP contribution in [0.3, 0.4) is 0 Å². The highest BCUT2D eigenvalue weighted by Gasteiger charge is 2.10. The highest BCUT2D eigenvalue weighted by molar-refractivity contribution is 7.99. The van der Waals surface area contributed by atoms with E-state index in [0.29, 0.717) is 6.42 Å². The molecule has 0 saturated carbocycles. The molecule has 0 radical (unpaired) electrons. The Morgan fingerprint density at radius 2 is 1.80 bits per heavy atom. The second-order valence-corrected chi connectivity index (χ2v) is 6.00. The van der Waals surface area contributed by atoms with Gasteiger partial charge in [0.2, 0.25) is 0 Å². The smallest absolute Gasteiger partial charge is 0.126 e. The highest BCUT2D eigenvalue weighted by Crippen LogP contribution is 2.20. The average Bonchev–Trinajstić information content (AvgIpc) is 2.47. The molecule has 2 aromatic carbocycles. The molecule has 1 atom stereocenters. The number of rotatable bonds is 6. The third-order valence-electron chi connectivity index (χ3n) is 3.30. The van der Waals surface area contributed by atoms with E-state index in [0.717, 1.165) is 11.3 Å². The summed E-state index contributed by atoms with van der Waals surface area (Å²) in [5.41, 5.74) is 2.04. The van der Waals surface area contributed by atoms with Crippen LogP contribution in [0.4, 0.5) is 4.39 Å². The zero-order valence-electron chi connectivity index (χ0n) is 11.9. The largest absolute Gasteiger partial charge is 0.316 e. The van der Waals surface area contributed by atoms with Crippen molar-refractivity contribution >= 4 is 11.8 Å². The first kappa shape index (κ1) is 15.1. The van der Waals surface area contributed by atoms with Crippen LogP contribution in [0.5, 0.6) is 0 Å². The van der Waals surface area contributed by atoms with Crippen LogP contribution in [-0.2, 0) is 6.42 Å². The van der Waals surface area contributed by atoms with Gasteiger partial charge in [0, 0.05) is 16.7 Å². The molecule has 0 amide bonds. The zero-order chi connectivity index (χ0) is 14.4. The minimum Gasteiger partial charge on any atom is -0.316 e. The van der Waals surface area contributed by atoms with E-state index in [1.165, 1.54) is 16.5 Å². The first-order chi connectivity index (χ1) is 9.69. The summed E-state index contributed by atoms with van der Waals surface area (Å²) in [6.45, 7) is 2.09. The van der Waals surface area contributed by atoms with Gasteiger partial charge in [-0.2, -0.15) is 0 Å². The van der Waals surface area contributed by atoms with E-state index in [1.54, 1.807) is 17.8 Å². The second kappa shape index (κ2) is 7.46. The summed E-state index contributed by atoms with van der Waals surface area (Å²) in [6.07, 6.45) is 0.710. The molecule has 0 spiro atoms. The fraction of sp³-hybridized carbons (Fsp3) is 0.294. The average molecular weight is 289 g/mol. The molecule has 0 aliphatic heterocycles. The van der Waals surface area contributed by atoms with E-state index < -0.39 is 0 Å². The number of thioether (sulfide) groups is 1. The van der Waals surface area contributed by atoms with Crippen LogP contribution in [0.2, 0.25) is 0 Å². The number of hydrogen-bond donors (Lipinski definition) is 1. The van der Waals surface area contributed by atoms with Crippen molar-refractivity contribution in [2.75, 3.05) is 12.8 Å². The molecule has 1 unspecified atom stereocenters. The molecule has 1 N–H and O–H groups in total. The standard InChI is InChI=1S/C17H20FNS/c1-13-7-9-16(10-8-13)20-12-15(19-2)11-14-5-3-4-6-17(14)18/h3-10,15,19H,11-12H2,1-2H3. The molecule has 2 rings (SSSR count). The lowest BCUT2D eigenvalue weighted by molar-refractivity contribution is 0.568. The Kier molecular flexibility index (Phi) is 5.62. The van der Waals surface area contributed by atoms with E-state index in [1.807, 2.05) is 19.2 Å². The number of likely N-dealkylation sites (N-methyl/N-ethyl adjacent to an activating group) is 1. The van der Waals surface area contributed by atoms with Gasteiger partial charge >= 0.3 is 0 Å². The van der Waals surface area contributed by atoms with E-state index in [2.05, 4.69) is 36.5 Å². The Morgan fingerprint density at radius 3 is 2.45 bits per heavy atom. The number of aryl methyl sites for hydroxylation is 1. The summed E-state index contributed by atoms with van der Waals surface area (Å²) in [6, 6.07) is 15.8. The Balaban J connectivity index is 1.92. The zero-order valence-corrected chi connectivity index (χ0v) is 12.7. The topological polar surface area (TPSA) is 12.0 Å². The minimum absolute atomic E-state index is 0.118. The molecule has 0 aromatic heterocycles. The SMILES string of the molecule is CNC(CSc1ccc(C)cc1)Cc1ccccc1F. The van der Waals surface area contributed by atoms with Gasteiger partial charge in [0.1, 0.15) is 5.82 Å². The van der Waals surface area contributed by atoms with Gasteiger partial charge in [0.15, 0.2) is 0 Å². The normalized spacial score (nSPS) is 12.3. The summed E-state index contributed by atoms with van der Waals surface area (Å²) in [7, 11) is 1.93. The molecular weight excluding hydrogens is 269 g/mol. The molecule has 20 heavy (non-hydrogen) atoms. The Hall–Kier alpha value is -1.32. The fourth-order valence-electron chi connectivity index (χ4n) is 2.01. The summed E-state index contributed by atoms with van der Waals surface area (Å²) < 4.78 is 13.7. The molecule has 0 saturated heterocycles. The van der Waals surface area contributed by atoms with Crippen LogP contribution in [0.25, 0.3) is 0 Å². The lowest BCUT2D eigenvalue weighted by atomic mass is 10.1. The summed E-state index contributed by atoms with van der Waals surface area (Å²) in [5.74, 6) is 0.807. The van der Waals surface area contributed by atoms with E-state index in [9.17, 15) is 4.39 Å².